The maximum Gasteiger partial charge on any atom is 0.241 e. The number of amides is 2. The molecular weight excluding hydrogens is 430 g/mol. The molecule has 3 atom stereocenters. The van der Waals surface area contributed by atoms with Gasteiger partial charge in [0.05, 0.1) is 23.6 Å². The predicted octanol–water partition coefficient (Wildman–Crippen LogP) is 4.00. The van der Waals surface area contributed by atoms with Crippen LogP contribution in [-0.2, 0) is 14.3 Å². The van der Waals surface area contributed by atoms with Crippen LogP contribution >= 0.6 is 0 Å². The van der Waals surface area contributed by atoms with Gasteiger partial charge in [-0.3, -0.25) is 19.2 Å². The number of fused-ring (bicyclic) bond motifs is 3. The van der Waals surface area contributed by atoms with Crippen molar-refractivity contribution in [3.05, 3.63) is 101 Å². The Morgan fingerprint density at radius 1 is 0.735 bits per heavy atom. The Morgan fingerprint density at radius 2 is 1.35 bits per heavy atom. The highest BCUT2D eigenvalue weighted by molar-refractivity contribution is 6.37. The van der Waals surface area contributed by atoms with Crippen LogP contribution in [0.25, 0.3) is 0 Å². The van der Waals surface area contributed by atoms with E-state index in [1.807, 2.05) is 26.0 Å². The molecule has 6 rings (SSSR count). The lowest BCUT2D eigenvalue weighted by molar-refractivity contribution is -0.127. The molecule has 6 heteroatoms. The van der Waals surface area contributed by atoms with Crippen LogP contribution in [0.15, 0.2) is 72.8 Å². The van der Waals surface area contributed by atoms with E-state index in [-0.39, 0.29) is 11.1 Å². The zero-order valence-corrected chi connectivity index (χ0v) is 18.6. The van der Waals surface area contributed by atoms with E-state index in [9.17, 15) is 19.2 Å². The summed E-state index contributed by atoms with van der Waals surface area (Å²) < 4.78 is 6.27. The second kappa shape index (κ2) is 7.05. The Labute approximate surface area is 196 Å². The van der Waals surface area contributed by atoms with Crippen molar-refractivity contribution in [1.82, 2.24) is 0 Å². The number of ketones is 2. The van der Waals surface area contributed by atoms with Crippen LogP contribution in [0.5, 0.6) is 0 Å². The zero-order valence-electron chi connectivity index (χ0n) is 18.6. The SMILES string of the molecule is Cc1ccc(N2C(=O)[C@@H]3[C@@H](c4ccccc4)OC4(C(=O)c5ccccc5C4=O)[C@H]3C2=O)cc1C. The average molecular weight is 451 g/mol. The minimum absolute atomic E-state index is 0.227. The molecule has 2 saturated heterocycles. The van der Waals surface area contributed by atoms with Gasteiger partial charge in [-0.15, -0.1) is 0 Å². The molecule has 3 aromatic carbocycles. The van der Waals surface area contributed by atoms with Gasteiger partial charge in [-0.05, 0) is 42.7 Å². The van der Waals surface area contributed by atoms with Crippen molar-refractivity contribution >= 4 is 29.1 Å². The molecule has 2 heterocycles. The number of hydrogen-bond donors (Lipinski definition) is 0. The third-order valence-electron chi connectivity index (χ3n) is 7.40. The first-order valence-corrected chi connectivity index (χ1v) is 11.2. The number of Topliss-reactive ketones (excluding diaryl/α,β-unsaturated/α-hetero) is 2. The van der Waals surface area contributed by atoms with Crippen LogP contribution in [0.1, 0.15) is 43.5 Å². The first kappa shape index (κ1) is 20.7. The molecule has 168 valence electrons. The summed E-state index contributed by atoms with van der Waals surface area (Å²) in [6, 6.07) is 20.8. The van der Waals surface area contributed by atoms with E-state index in [0.717, 1.165) is 16.0 Å². The summed E-state index contributed by atoms with van der Waals surface area (Å²) in [5.74, 6) is -4.36. The summed E-state index contributed by atoms with van der Waals surface area (Å²) >= 11 is 0. The third kappa shape index (κ3) is 2.49. The minimum Gasteiger partial charge on any atom is -0.349 e. The molecule has 1 spiro atoms. The molecule has 34 heavy (non-hydrogen) atoms. The van der Waals surface area contributed by atoms with Crippen molar-refractivity contribution in [2.75, 3.05) is 4.90 Å². The molecule has 0 N–H and O–H groups in total. The van der Waals surface area contributed by atoms with E-state index in [1.165, 1.54) is 0 Å². The molecule has 0 bridgehead atoms. The van der Waals surface area contributed by atoms with Crippen LogP contribution in [0.2, 0.25) is 0 Å². The van der Waals surface area contributed by atoms with Crippen LogP contribution in [0, 0.1) is 25.7 Å². The number of rotatable bonds is 2. The van der Waals surface area contributed by atoms with Crippen molar-refractivity contribution in [2.45, 2.75) is 25.6 Å². The predicted molar refractivity (Wildman–Crippen MR) is 123 cm³/mol. The van der Waals surface area contributed by atoms with Gasteiger partial charge < -0.3 is 4.74 Å². The van der Waals surface area contributed by atoms with E-state index in [4.69, 9.17) is 4.74 Å². The van der Waals surface area contributed by atoms with Crippen LogP contribution in [0.3, 0.4) is 0 Å². The van der Waals surface area contributed by atoms with Crippen molar-refractivity contribution in [3.63, 3.8) is 0 Å². The standard InChI is InChI=1S/C28H21NO5/c1-15-12-13-18(14-16(15)2)29-26(32)21-22(27(29)33)28(34-23(21)17-8-4-3-5-9-17)24(30)19-10-6-7-11-20(19)25(28)31/h3-14,21-23H,1-2H3/t21-,22+,23+/m0/s1. The number of imide groups is 1. The Balaban J connectivity index is 1.55. The van der Waals surface area contributed by atoms with Gasteiger partial charge in [-0.1, -0.05) is 60.7 Å². The Bertz CT molecular complexity index is 1370. The van der Waals surface area contributed by atoms with Gasteiger partial charge in [0, 0.05) is 11.1 Å². The van der Waals surface area contributed by atoms with Gasteiger partial charge in [-0.2, -0.15) is 0 Å². The zero-order chi connectivity index (χ0) is 23.8. The van der Waals surface area contributed by atoms with E-state index in [2.05, 4.69) is 0 Å². The number of aryl methyl sites for hydroxylation is 2. The largest absolute Gasteiger partial charge is 0.349 e. The number of hydrogen-bond acceptors (Lipinski definition) is 5. The lowest BCUT2D eigenvalue weighted by Crippen LogP contribution is -2.51. The van der Waals surface area contributed by atoms with Crippen LogP contribution < -0.4 is 4.90 Å². The van der Waals surface area contributed by atoms with Gasteiger partial charge >= 0.3 is 0 Å². The van der Waals surface area contributed by atoms with E-state index in [1.54, 1.807) is 60.7 Å². The van der Waals surface area contributed by atoms with Gasteiger partial charge in [0.25, 0.3) is 0 Å². The molecule has 0 saturated carbocycles. The second-order valence-corrected chi connectivity index (χ2v) is 9.17. The minimum atomic E-state index is -2.05. The maximum absolute atomic E-state index is 13.9. The first-order chi connectivity index (χ1) is 16.4. The summed E-state index contributed by atoms with van der Waals surface area (Å²) in [4.78, 5) is 56.3. The summed E-state index contributed by atoms with van der Waals surface area (Å²) in [5, 5.41) is 0. The molecule has 3 aliphatic rings. The molecule has 0 unspecified atom stereocenters. The monoisotopic (exact) mass is 451 g/mol. The Morgan fingerprint density at radius 3 is 1.97 bits per heavy atom. The topological polar surface area (TPSA) is 80.8 Å². The fourth-order valence-corrected chi connectivity index (χ4v) is 5.58. The lowest BCUT2D eigenvalue weighted by Gasteiger charge is -2.27. The summed E-state index contributed by atoms with van der Waals surface area (Å²) in [7, 11) is 0. The second-order valence-electron chi connectivity index (χ2n) is 9.17. The number of nitrogens with zero attached hydrogens (tertiary/aromatic N) is 1. The van der Waals surface area contributed by atoms with Crippen LogP contribution in [0.4, 0.5) is 5.69 Å². The molecule has 2 fully saturated rings. The normalized spacial score (nSPS) is 24.8. The molecule has 2 aliphatic heterocycles. The fraction of sp³-hybridized carbons (Fsp3) is 0.214. The van der Waals surface area contributed by atoms with Gasteiger partial charge in [0.1, 0.15) is 0 Å². The quantitative estimate of drug-likeness (QED) is 0.435. The summed E-state index contributed by atoms with van der Waals surface area (Å²) in [5.41, 5.74) is 1.45. The van der Waals surface area contributed by atoms with Gasteiger partial charge in [0.15, 0.2) is 0 Å². The lowest BCUT2D eigenvalue weighted by atomic mass is 9.77. The summed E-state index contributed by atoms with van der Waals surface area (Å²) in [6.07, 6.45) is -0.901. The third-order valence-corrected chi connectivity index (χ3v) is 7.40. The van der Waals surface area contributed by atoms with Crippen molar-refractivity contribution < 1.29 is 23.9 Å². The van der Waals surface area contributed by atoms with Crippen molar-refractivity contribution in [2.24, 2.45) is 11.8 Å². The highest BCUT2D eigenvalue weighted by atomic mass is 16.5. The van der Waals surface area contributed by atoms with Crippen molar-refractivity contribution in [3.8, 4) is 0 Å². The van der Waals surface area contributed by atoms with Gasteiger partial charge in [0.2, 0.25) is 29.0 Å². The van der Waals surface area contributed by atoms with E-state index in [0.29, 0.717) is 11.3 Å². The fourth-order valence-electron chi connectivity index (χ4n) is 5.58. The number of carbonyl (C=O) groups is 4. The van der Waals surface area contributed by atoms with Crippen molar-refractivity contribution in [1.29, 1.82) is 0 Å². The molecule has 0 radical (unpaired) electrons. The maximum atomic E-state index is 13.9. The Hall–Kier alpha value is -3.90. The average Bonchev–Trinajstić information content (AvgIpc) is 3.42. The number of anilines is 1. The van der Waals surface area contributed by atoms with Crippen LogP contribution in [-0.4, -0.2) is 29.0 Å². The number of carbonyl (C=O) groups excluding carboxylic acids is 4. The molecule has 0 aromatic heterocycles. The highest BCUT2D eigenvalue weighted by Gasteiger charge is 2.74. The molecule has 2 amide bonds. The summed E-state index contributed by atoms with van der Waals surface area (Å²) in [6.45, 7) is 3.85. The smallest absolute Gasteiger partial charge is 0.241 e. The highest BCUT2D eigenvalue weighted by Crippen LogP contribution is 2.57. The van der Waals surface area contributed by atoms with E-state index >= 15 is 0 Å². The molecule has 6 nitrogen and oxygen atoms in total. The number of ether oxygens (including phenoxy) is 1. The molecule has 1 aliphatic carbocycles. The van der Waals surface area contributed by atoms with E-state index < -0.39 is 46.9 Å². The van der Waals surface area contributed by atoms with Gasteiger partial charge in [-0.25, -0.2) is 4.90 Å². The molecule has 3 aromatic rings. The molecular formula is C28H21NO5. The number of benzene rings is 3. The first-order valence-electron chi connectivity index (χ1n) is 11.2. The Kier molecular flexibility index (Phi) is 4.29.